The summed E-state index contributed by atoms with van der Waals surface area (Å²) in [5, 5.41) is 3.23. The predicted molar refractivity (Wildman–Crippen MR) is 122 cm³/mol. The van der Waals surface area contributed by atoms with Crippen LogP contribution in [0.2, 0.25) is 0 Å². The van der Waals surface area contributed by atoms with E-state index in [9.17, 15) is 4.79 Å². The molecule has 3 aromatic rings. The predicted octanol–water partition coefficient (Wildman–Crippen LogP) is 5.35. The number of nitrogens with one attached hydrogen (secondary N) is 1. The van der Waals surface area contributed by atoms with Crippen molar-refractivity contribution in [3.63, 3.8) is 0 Å². The van der Waals surface area contributed by atoms with Crippen molar-refractivity contribution in [3.8, 4) is 11.5 Å². The molecule has 0 saturated carbocycles. The van der Waals surface area contributed by atoms with Gasteiger partial charge >= 0.3 is 5.97 Å². The number of hydrogen-bond acceptors (Lipinski definition) is 7. The number of anilines is 2. The number of hydrogen-bond donors (Lipinski definition) is 1. The largest absolute Gasteiger partial charge is 0.494 e. The van der Waals surface area contributed by atoms with E-state index in [0.29, 0.717) is 47.3 Å². The number of carbonyl (C=O) groups excluding carboxylic acids is 1. The van der Waals surface area contributed by atoms with Crippen molar-refractivity contribution in [1.29, 1.82) is 0 Å². The Morgan fingerprint density at radius 2 is 1.61 bits per heavy atom. The van der Waals surface area contributed by atoms with Crippen LogP contribution in [0.4, 0.5) is 11.5 Å². The number of aryl methyl sites for hydroxylation is 2. The summed E-state index contributed by atoms with van der Waals surface area (Å²) in [7, 11) is 0. The van der Waals surface area contributed by atoms with Gasteiger partial charge in [0, 0.05) is 6.07 Å². The maximum Gasteiger partial charge on any atom is 0.361 e. The van der Waals surface area contributed by atoms with Crippen molar-refractivity contribution in [1.82, 2.24) is 9.97 Å². The molecule has 0 spiro atoms. The average molecular weight is 424 g/mol. The SMILES string of the molecule is CCOc1ccc(OCC)c(Nc2nc3cc(C)c(C)cc3nc2C(=O)OC(C)C)c1. The van der Waals surface area contributed by atoms with Crippen LogP contribution in [-0.4, -0.2) is 35.3 Å². The number of rotatable bonds is 8. The zero-order chi connectivity index (χ0) is 22.5. The van der Waals surface area contributed by atoms with Crippen molar-refractivity contribution in [2.45, 2.75) is 47.6 Å². The zero-order valence-corrected chi connectivity index (χ0v) is 18.9. The minimum atomic E-state index is -0.538. The van der Waals surface area contributed by atoms with Crippen LogP contribution in [0.5, 0.6) is 11.5 Å². The van der Waals surface area contributed by atoms with E-state index in [1.807, 2.05) is 58.0 Å². The fourth-order valence-electron chi connectivity index (χ4n) is 3.08. The van der Waals surface area contributed by atoms with Gasteiger partial charge in [0.1, 0.15) is 11.5 Å². The second kappa shape index (κ2) is 9.64. The molecule has 0 bridgehead atoms. The van der Waals surface area contributed by atoms with Crippen LogP contribution in [0.1, 0.15) is 49.3 Å². The molecular formula is C24H29N3O4. The Labute approximate surface area is 182 Å². The number of aromatic nitrogens is 2. The lowest BCUT2D eigenvalue weighted by Crippen LogP contribution is -2.16. The first-order valence-electron chi connectivity index (χ1n) is 10.5. The highest BCUT2D eigenvalue weighted by atomic mass is 16.5. The number of fused-ring (bicyclic) bond motifs is 1. The van der Waals surface area contributed by atoms with Crippen LogP contribution in [0, 0.1) is 13.8 Å². The van der Waals surface area contributed by atoms with Gasteiger partial charge < -0.3 is 19.5 Å². The van der Waals surface area contributed by atoms with Gasteiger partial charge in [0.25, 0.3) is 0 Å². The van der Waals surface area contributed by atoms with Crippen molar-refractivity contribution in [2.75, 3.05) is 18.5 Å². The van der Waals surface area contributed by atoms with E-state index < -0.39 is 5.97 Å². The molecular weight excluding hydrogens is 394 g/mol. The van der Waals surface area contributed by atoms with E-state index in [0.717, 1.165) is 11.1 Å². The summed E-state index contributed by atoms with van der Waals surface area (Å²) >= 11 is 0. The lowest BCUT2D eigenvalue weighted by molar-refractivity contribution is 0.0372. The quantitative estimate of drug-likeness (QED) is 0.489. The molecule has 0 fully saturated rings. The second-order valence-corrected chi connectivity index (χ2v) is 7.45. The van der Waals surface area contributed by atoms with E-state index in [4.69, 9.17) is 19.2 Å². The molecule has 7 heteroatoms. The molecule has 0 atom stereocenters. The van der Waals surface area contributed by atoms with E-state index in [1.54, 1.807) is 13.8 Å². The molecule has 2 aromatic carbocycles. The fourth-order valence-corrected chi connectivity index (χ4v) is 3.08. The molecule has 7 nitrogen and oxygen atoms in total. The Hall–Kier alpha value is -3.35. The number of benzene rings is 2. The lowest BCUT2D eigenvalue weighted by Gasteiger charge is -2.16. The molecule has 1 aromatic heterocycles. The van der Waals surface area contributed by atoms with Gasteiger partial charge in [0.15, 0.2) is 11.5 Å². The fraction of sp³-hybridized carbons (Fsp3) is 0.375. The smallest absolute Gasteiger partial charge is 0.361 e. The zero-order valence-electron chi connectivity index (χ0n) is 18.9. The van der Waals surface area contributed by atoms with E-state index in [1.165, 1.54) is 0 Å². The van der Waals surface area contributed by atoms with Gasteiger partial charge in [-0.1, -0.05) is 0 Å². The standard InChI is InChI=1S/C24H29N3O4/c1-7-29-17-9-10-21(30-8-2)20(13-17)27-23-22(24(28)31-14(3)4)25-18-11-15(5)16(6)12-19(18)26-23/h9-14H,7-8H2,1-6H3,(H,26,27). The lowest BCUT2D eigenvalue weighted by atomic mass is 10.1. The van der Waals surface area contributed by atoms with Gasteiger partial charge in [-0.3, -0.25) is 0 Å². The highest BCUT2D eigenvalue weighted by molar-refractivity contribution is 5.96. The van der Waals surface area contributed by atoms with Crippen LogP contribution in [0.15, 0.2) is 30.3 Å². The minimum absolute atomic E-state index is 0.119. The molecule has 0 amide bonds. The molecule has 0 aliphatic heterocycles. The molecule has 0 radical (unpaired) electrons. The Balaban J connectivity index is 2.14. The topological polar surface area (TPSA) is 82.6 Å². The van der Waals surface area contributed by atoms with E-state index in [2.05, 4.69) is 10.3 Å². The molecule has 164 valence electrons. The monoisotopic (exact) mass is 423 g/mol. The van der Waals surface area contributed by atoms with Gasteiger partial charge in [-0.25, -0.2) is 14.8 Å². The van der Waals surface area contributed by atoms with Gasteiger partial charge in [0.05, 0.1) is 36.0 Å². The molecule has 0 aliphatic rings. The molecule has 0 aliphatic carbocycles. The van der Waals surface area contributed by atoms with Crippen molar-refractivity contribution in [3.05, 3.63) is 47.2 Å². The Kier molecular flexibility index (Phi) is 6.95. The van der Waals surface area contributed by atoms with Gasteiger partial charge in [-0.15, -0.1) is 0 Å². The third-order valence-electron chi connectivity index (χ3n) is 4.63. The highest BCUT2D eigenvalue weighted by Gasteiger charge is 2.21. The Bertz CT molecular complexity index is 1100. The minimum Gasteiger partial charge on any atom is -0.494 e. The van der Waals surface area contributed by atoms with Crippen molar-refractivity contribution >= 4 is 28.5 Å². The summed E-state index contributed by atoms with van der Waals surface area (Å²) in [5.74, 6) is 1.07. The normalized spacial score (nSPS) is 10.9. The second-order valence-electron chi connectivity index (χ2n) is 7.45. The number of ether oxygens (including phenoxy) is 3. The van der Waals surface area contributed by atoms with Crippen LogP contribution < -0.4 is 14.8 Å². The molecule has 1 N–H and O–H groups in total. The van der Waals surface area contributed by atoms with Crippen LogP contribution in [-0.2, 0) is 4.74 Å². The van der Waals surface area contributed by atoms with E-state index >= 15 is 0 Å². The van der Waals surface area contributed by atoms with Crippen molar-refractivity contribution in [2.24, 2.45) is 0 Å². The first kappa shape index (κ1) is 22.3. The molecule has 31 heavy (non-hydrogen) atoms. The summed E-state index contributed by atoms with van der Waals surface area (Å²) in [5.41, 5.74) is 4.24. The first-order valence-corrected chi connectivity index (χ1v) is 10.5. The van der Waals surface area contributed by atoms with Crippen LogP contribution >= 0.6 is 0 Å². The van der Waals surface area contributed by atoms with Crippen molar-refractivity contribution < 1.29 is 19.0 Å². The van der Waals surface area contributed by atoms with Gasteiger partial charge in [0.2, 0.25) is 0 Å². The third-order valence-corrected chi connectivity index (χ3v) is 4.63. The van der Waals surface area contributed by atoms with Crippen LogP contribution in [0.25, 0.3) is 11.0 Å². The summed E-state index contributed by atoms with van der Waals surface area (Å²) in [6.45, 7) is 12.5. The highest BCUT2D eigenvalue weighted by Crippen LogP contribution is 2.33. The average Bonchev–Trinajstić information content (AvgIpc) is 2.70. The summed E-state index contributed by atoms with van der Waals surface area (Å²) in [4.78, 5) is 22.1. The van der Waals surface area contributed by atoms with Gasteiger partial charge in [-0.05, 0) is 76.9 Å². The Morgan fingerprint density at radius 1 is 0.968 bits per heavy atom. The molecule has 1 heterocycles. The Morgan fingerprint density at radius 3 is 2.23 bits per heavy atom. The third kappa shape index (κ3) is 5.23. The summed E-state index contributed by atoms with van der Waals surface area (Å²) < 4.78 is 16.8. The maximum atomic E-state index is 12.8. The maximum absolute atomic E-state index is 12.8. The molecule has 0 unspecified atom stereocenters. The van der Waals surface area contributed by atoms with E-state index in [-0.39, 0.29) is 11.8 Å². The number of esters is 1. The molecule has 0 saturated heterocycles. The first-order chi connectivity index (χ1) is 14.8. The van der Waals surface area contributed by atoms with Gasteiger partial charge in [-0.2, -0.15) is 0 Å². The van der Waals surface area contributed by atoms with Crippen LogP contribution in [0.3, 0.4) is 0 Å². The molecule has 3 rings (SSSR count). The number of carbonyl (C=O) groups is 1. The summed E-state index contributed by atoms with van der Waals surface area (Å²) in [6, 6.07) is 9.37. The number of nitrogens with zero attached hydrogens (tertiary/aromatic N) is 2. The summed E-state index contributed by atoms with van der Waals surface area (Å²) in [6.07, 6.45) is -0.280.